The standard InChI is InChI=1S/C43H51FN6O6/c1-42(2,48-33-9-7-8-29(32(33)25-51)41(55)50(6)35-14-15-36(52)47-40(35)54)18-21-56-43(3,4)17-20-49(5)24-26-10-12-27(13-11-26)38-30-16-19-45-39(53)31-22-28(44)23-34(46-38)37(30)31/h7-13,22-23,25,35,46,48H,14-21,24H2,1-6H3,(H,45,53)(H,47,52,54). The largest absolute Gasteiger partial charge is 0.379 e. The lowest BCUT2D eigenvalue weighted by Gasteiger charge is -2.33. The molecule has 0 aliphatic carbocycles. The SMILES string of the molecule is CN(CCC(C)(C)OCCC(C)(C)Nc1cccc(C(=O)N(C)C2CCC(=O)NC2=O)c1C=O)Cc1ccc(-c2[nH]c3cc(F)cc4c3c2CCNC4=O)cc1. The van der Waals surface area contributed by atoms with Crippen molar-refractivity contribution in [2.24, 2.45) is 0 Å². The first-order chi connectivity index (χ1) is 26.6. The van der Waals surface area contributed by atoms with Gasteiger partial charge in [-0.15, -0.1) is 0 Å². The predicted octanol–water partition coefficient (Wildman–Crippen LogP) is 5.85. The zero-order valence-corrected chi connectivity index (χ0v) is 32.9. The Morgan fingerprint density at radius 3 is 2.48 bits per heavy atom. The number of carbonyl (C=O) groups is 5. The van der Waals surface area contributed by atoms with Crippen molar-refractivity contribution in [1.82, 2.24) is 25.4 Å². The molecule has 3 heterocycles. The van der Waals surface area contributed by atoms with Crippen molar-refractivity contribution < 1.29 is 33.1 Å². The minimum absolute atomic E-state index is 0.139. The van der Waals surface area contributed by atoms with Gasteiger partial charge < -0.3 is 30.2 Å². The first kappa shape index (κ1) is 40.3. The van der Waals surface area contributed by atoms with Crippen LogP contribution in [0.3, 0.4) is 0 Å². The fourth-order valence-electron chi connectivity index (χ4n) is 7.52. The number of carbonyl (C=O) groups excluding carboxylic acids is 5. The highest BCUT2D eigenvalue weighted by Crippen LogP contribution is 2.35. The normalized spacial score (nSPS) is 16.1. The Balaban J connectivity index is 1.00. The molecule has 2 aliphatic rings. The molecule has 1 unspecified atom stereocenters. The number of aromatic nitrogens is 1. The van der Waals surface area contributed by atoms with Crippen LogP contribution in [0.1, 0.15) is 95.6 Å². The maximum absolute atomic E-state index is 14.3. The minimum atomic E-state index is -0.801. The van der Waals surface area contributed by atoms with Crippen LogP contribution in [-0.4, -0.2) is 95.7 Å². The number of aromatic amines is 1. The van der Waals surface area contributed by atoms with E-state index in [2.05, 4.69) is 71.0 Å². The molecule has 4 aromatic rings. The maximum atomic E-state index is 14.3. The zero-order valence-electron chi connectivity index (χ0n) is 32.9. The van der Waals surface area contributed by atoms with Crippen LogP contribution < -0.4 is 16.0 Å². The summed E-state index contributed by atoms with van der Waals surface area (Å²) in [5.41, 5.74) is 5.02. The molecule has 13 heteroatoms. The van der Waals surface area contributed by atoms with Crippen LogP contribution in [-0.2, 0) is 27.3 Å². The summed E-state index contributed by atoms with van der Waals surface area (Å²) in [5, 5.41) is 9.35. The third kappa shape index (κ3) is 9.00. The Labute approximate surface area is 326 Å². The molecule has 1 fully saturated rings. The number of hydrogen-bond acceptors (Lipinski definition) is 8. The molecule has 4 amide bonds. The van der Waals surface area contributed by atoms with E-state index in [1.165, 1.54) is 24.1 Å². The number of halogens is 1. The topological polar surface area (TPSA) is 153 Å². The number of imide groups is 1. The summed E-state index contributed by atoms with van der Waals surface area (Å²) in [5.74, 6) is -2.07. The number of piperidine rings is 1. The van der Waals surface area contributed by atoms with Crippen molar-refractivity contribution in [1.29, 1.82) is 0 Å². The summed E-state index contributed by atoms with van der Waals surface area (Å²) in [6.45, 7) is 10.6. The lowest BCUT2D eigenvalue weighted by atomic mass is 9.97. The number of nitrogens with zero attached hydrogens (tertiary/aromatic N) is 2. The molecule has 3 aromatic carbocycles. The van der Waals surface area contributed by atoms with Gasteiger partial charge in [-0.1, -0.05) is 30.3 Å². The van der Waals surface area contributed by atoms with Crippen molar-refractivity contribution >= 4 is 46.5 Å². The molecule has 6 rings (SSSR count). The Hall–Kier alpha value is -5.40. The Morgan fingerprint density at radius 2 is 1.77 bits per heavy atom. The van der Waals surface area contributed by atoms with Crippen molar-refractivity contribution in [3.8, 4) is 11.3 Å². The van der Waals surface area contributed by atoms with E-state index in [9.17, 15) is 28.4 Å². The van der Waals surface area contributed by atoms with Crippen molar-refractivity contribution in [2.45, 2.75) is 83.5 Å². The molecular formula is C43H51FN6O6. The van der Waals surface area contributed by atoms with Gasteiger partial charge in [0.15, 0.2) is 6.29 Å². The van der Waals surface area contributed by atoms with Crippen LogP contribution >= 0.6 is 0 Å². The number of amides is 4. The highest BCUT2D eigenvalue weighted by Gasteiger charge is 2.34. The molecule has 1 saturated heterocycles. The van der Waals surface area contributed by atoms with Gasteiger partial charge in [0, 0.05) is 67.5 Å². The number of aldehydes is 1. The second-order valence-electron chi connectivity index (χ2n) is 16.2. The van der Waals surface area contributed by atoms with E-state index in [0.717, 1.165) is 47.3 Å². The summed E-state index contributed by atoms with van der Waals surface area (Å²) in [4.78, 5) is 69.2. The van der Waals surface area contributed by atoms with Crippen molar-refractivity contribution in [2.75, 3.05) is 39.1 Å². The lowest BCUT2D eigenvalue weighted by molar-refractivity contribution is -0.136. The van der Waals surface area contributed by atoms with Gasteiger partial charge in [0.05, 0.1) is 22.3 Å². The molecule has 0 radical (unpaired) electrons. The van der Waals surface area contributed by atoms with E-state index in [4.69, 9.17) is 4.74 Å². The fourth-order valence-corrected chi connectivity index (χ4v) is 7.52. The number of H-pyrrole nitrogens is 1. The summed E-state index contributed by atoms with van der Waals surface area (Å²) >= 11 is 0. The second kappa shape index (κ2) is 16.4. The molecule has 0 saturated carbocycles. The number of rotatable bonds is 15. The van der Waals surface area contributed by atoms with E-state index in [1.54, 1.807) is 18.2 Å². The Bertz CT molecular complexity index is 2160. The van der Waals surface area contributed by atoms with Gasteiger partial charge in [-0.25, -0.2) is 4.39 Å². The fraction of sp³-hybridized carbons (Fsp3) is 0.419. The average molecular weight is 767 g/mol. The molecule has 12 nitrogen and oxygen atoms in total. The van der Waals surface area contributed by atoms with E-state index in [1.807, 2.05) is 13.8 Å². The van der Waals surface area contributed by atoms with E-state index < -0.39 is 34.8 Å². The number of ether oxygens (including phenoxy) is 1. The summed E-state index contributed by atoms with van der Waals surface area (Å²) in [7, 11) is 3.58. The van der Waals surface area contributed by atoms with Crippen molar-refractivity contribution in [3.05, 3.63) is 88.2 Å². The van der Waals surface area contributed by atoms with Crippen LogP contribution in [0.25, 0.3) is 22.2 Å². The van der Waals surface area contributed by atoms with Gasteiger partial charge in [0.25, 0.3) is 11.8 Å². The number of hydrogen-bond donors (Lipinski definition) is 4. The number of nitrogens with one attached hydrogen (secondary N) is 4. The average Bonchev–Trinajstić information content (AvgIpc) is 3.41. The quantitative estimate of drug-likeness (QED) is 0.0870. The Morgan fingerprint density at radius 1 is 1.02 bits per heavy atom. The number of likely N-dealkylation sites (N-methyl/N-ethyl adjacent to an activating group) is 1. The van der Waals surface area contributed by atoms with Gasteiger partial charge in [0.2, 0.25) is 11.8 Å². The molecule has 2 aliphatic heterocycles. The molecule has 1 aromatic heterocycles. The lowest BCUT2D eigenvalue weighted by Crippen LogP contribution is -2.53. The predicted molar refractivity (Wildman–Crippen MR) is 213 cm³/mol. The summed E-state index contributed by atoms with van der Waals surface area (Å²) < 4.78 is 20.7. The van der Waals surface area contributed by atoms with Crippen LogP contribution in [0, 0.1) is 5.82 Å². The second-order valence-corrected chi connectivity index (χ2v) is 16.2. The molecule has 4 N–H and O–H groups in total. The van der Waals surface area contributed by atoms with Crippen LogP contribution in [0.4, 0.5) is 10.1 Å². The van der Waals surface area contributed by atoms with Gasteiger partial charge in [-0.2, -0.15) is 0 Å². The smallest absolute Gasteiger partial charge is 0.255 e. The minimum Gasteiger partial charge on any atom is -0.379 e. The first-order valence-corrected chi connectivity index (χ1v) is 19.1. The van der Waals surface area contributed by atoms with Gasteiger partial charge >= 0.3 is 0 Å². The van der Waals surface area contributed by atoms with Crippen LogP contribution in [0.2, 0.25) is 0 Å². The van der Waals surface area contributed by atoms with E-state index >= 15 is 0 Å². The van der Waals surface area contributed by atoms with Crippen LogP contribution in [0.15, 0.2) is 54.6 Å². The molecule has 296 valence electrons. The van der Waals surface area contributed by atoms with Gasteiger partial charge in [-0.05, 0) is 101 Å². The number of anilines is 1. The highest BCUT2D eigenvalue weighted by molar-refractivity contribution is 6.10. The molecule has 0 spiro atoms. The summed E-state index contributed by atoms with van der Waals surface area (Å²) in [6, 6.07) is 15.3. The molecule has 56 heavy (non-hydrogen) atoms. The van der Waals surface area contributed by atoms with E-state index in [0.29, 0.717) is 49.0 Å². The first-order valence-electron chi connectivity index (χ1n) is 19.1. The molecular weight excluding hydrogens is 716 g/mol. The van der Waals surface area contributed by atoms with Crippen LogP contribution in [0.5, 0.6) is 0 Å². The monoisotopic (exact) mass is 766 g/mol. The molecule has 0 bridgehead atoms. The maximum Gasteiger partial charge on any atom is 0.255 e. The highest BCUT2D eigenvalue weighted by atomic mass is 19.1. The zero-order chi connectivity index (χ0) is 40.4. The van der Waals surface area contributed by atoms with Gasteiger partial charge in [0.1, 0.15) is 11.9 Å². The van der Waals surface area contributed by atoms with E-state index in [-0.39, 0.29) is 35.8 Å². The molecule has 1 atom stereocenters. The third-order valence-electron chi connectivity index (χ3n) is 10.8. The van der Waals surface area contributed by atoms with Gasteiger partial charge in [-0.3, -0.25) is 29.3 Å². The third-order valence-corrected chi connectivity index (χ3v) is 10.8. The number of benzene rings is 3. The summed E-state index contributed by atoms with van der Waals surface area (Å²) in [6.07, 6.45) is 3.07. The Kier molecular flexibility index (Phi) is 11.8. The van der Waals surface area contributed by atoms with Crippen molar-refractivity contribution in [3.63, 3.8) is 0 Å².